The monoisotopic (exact) mass is 262 g/mol. The van der Waals surface area contributed by atoms with Crippen molar-refractivity contribution in [2.75, 3.05) is 19.7 Å². The molecule has 2 rings (SSSR count). The molecule has 1 aliphatic heterocycles. The van der Waals surface area contributed by atoms with Gasteiger partial charge in [-0.15, -0.1) is 0 Å². The van der Waals surface area contributed by atoms with E-state index >= 15 is 0 Å². The first kappa shape index (κ1) is 13.9. The predicted octanol–water partition coefficient (Wildman–Crippen LogP) is 1.71. The molecule has 0 aromatic heterocycles. The second-order valence-corrected chi connectivity index (χ2v) is 5.03. The molecule has 1 aromatic rings. The lowest BCUT2D eigenvalue weighted by molar-refractivity contribution is -0.132. The van der Waals surface area contributed by atoms with Crippen molar-refractivity contribution < 1.29 is 9.53 Å². The number of rotatable bonds is 5. The lowest BCUT2D eigenvalue weighted by Gasteiger charge is -2.23. The van der Waals surface area contributed by atoms with Gasteiger partial charge in [-0.1, -0.05) is 12.1 Å². The van der Waals surface area contributed by atoms with E-state index in [9.17, 15) is 4.79 Å². The predicted molar refractivity (Wildman–Crippen MR) is 75.1 cm³/mol. The molecule has 1 fully saturated rings. The minimum atomic E-state index is 0.153. The second kappa shape index (κ2) is 6.57. The Morgan fingerprint density at radius 2 is 2.37 bits per heavy atom. The van der Waals surface area contributed by atoms with Crippen LogP contribution in [0.2, 0.25) is 0 Å². The molecule has 4 nitrogen and oxygen atoms in total. The Balaban J connectivity index is 1.78. The van der Waals surface area contributed by atoms with Crippen LogP contribution in [0.25, 0.3) is 0 Å². The zero-order valence-electron chi connectivity index (χ0n) is 11.5. The van der Waals surface area contributed by atoms with Gasteiger partial charge in [0.1, 0.15) is 5.75 Å². The molecular weight excluding hydrogens is 240 g/mol. The van der Waals surface area contributed by atoms with E-state index in [2.05, 4.69) is 0 Å². The van der Waals surface area contributed by atoms with E-state index in [1.807, 2.05) is 36.1 Å². The van der Waals surface area contributed by atoms with Gasteiger partial charge in [-0.2, -0.15) is 0 Å². The zero-order chi connectivity index (χ0) is 13.7. The van der Waals surface area contributed by atoms with E-state index in [1.165, 1.54) is 0 Å². The highest BCUT2D eigenvalue weighted by Gasteiger charge is 2.26. The average Bonchev–Trinajstić information content (AvgIpc) is 2.87. The molecule has 0 radical (unpaired) electrons. The molecule has 1 atom stereocenters. The van der Waals surface area contributed by atoms with E-state index in [4.69, 9.17) is 10.5 Å². The van der Waals surface area contributed by atoms with Crippen LogP contribution in [-0.4, -0.2) is 36.5 Å². The Morgan fingerprint density at radius 3 is 3.11 bits per heavy atom. The number of aryl methyl sites for hydroxylation is 1. The molecule has 1 unspecified atom stereocenters. The molecule has 104 valence electrons. The highest BCUT2D eigenvalue weighted by molar-refractivity contribution is 5.77. The Morgan fingerprint density at radius 1 is 1.53 bits per heavy atom. The van der Waals surface area contributed by atoms with Gasteiger partial charge >= 0.3 is 0 Å². The Bertz CT molecular complexity index is 434. The number of carbonyl (C=O) groups is 1. The molecule has 2 N–H and O–H groups in total. The maximum Gasteiger partial charge on any atom is 0.226 e. The molecule has 1 amide bonds. The molecule has 1 aromatic carbocycles. The number of nitrogens with zero attached hydrogens (tertiary/aromatic N) is 1. The number of likely N-dealkylation sites (tertiary alicyclic amines) is 1. The van der Waals surface area contributed by atoms with Crippen LogP contribution in [0.15, 0.2) is 24.3 Å². The highest BCUT2D eigenvalue weighted by Crippen LogP contribution is 2.17. The third-order valence-corrected chi connectivity index (χ3v) is 3.54. The van der Waals surface area contributed by atoms with Crippen LogP contribution >= 0.6 is 0 Å². The number of ether oxygens (including phenoxy) is 1. The molecule has 0 spiro atoms. The molecule has 1 saturated heterocycles. The van der Waals surface area contributed by atoms with Gasteiger partial charge in [0.25, 0.3) is 0 Å². The van der Waals surface area contributed by atoms with Gasteiger partial charge in [-0.3, -0.25) is 4.79 Å². The van der Waals surface area contributed by atoms with Crippen LogP contribution in [0.1, 0.15) is 24.8 Å². The molecule has 0 saturated carbocycles. The third-order valence-electron chi connectivity index (χ3n) is 3.54. The average molecular weight is 262 g/mol. The van der Waals surface area contributed by atoms with Crippen molar-refractivity contribution >= 4 is 5.91 Å². The number of benzene rings is 1. The van der Waals surface area contributed by atoms with Crippen molar-refractivity contribution in [3.63, 3.8) is 0 Å². The Kier molecular flexibility index (Phi) is 4.80. The number of hydrogen-bond acceptors (Lipinski definition) is 3. The summed E-state index contributed by atoms with van der Waals surface area (Å²) in [4.78, 5) is 14.0. The van der Waals surface area contributed by atoms with Crippen molar-refractivity contribution in [1.29, 1.82) is 0 Å². The van der Waals surface area contributed by atoms with Crippen LogP contribution in [0.3, 0.4) is 0 Å². The van der Waals surface area contributed by atoms with E-state index in [-0.39, 0.29) is 11.9 Å². The number of nitrogens with two attached hydrogens (primary N) is 1. The van der Waals surface area contributed by atoms with Gasteiger partial charge in [0.05, 0.1) is 13.0 Å². The normalized spacial score (nSPS) is 18.6. The standard InChI is InChI=1S/C15H22N2O2/c1-12-4-2-6-14(10-12)19-9-7-15(18)17-8-3-5-13(17)11-16/h2,4,6,10,13H,3,5,7-9,11,16H2,1H3. The topological polar surface area (TPSA) is 55.6 Å². The summed E-state index contributed by atoms with van der Waals surface area (Å²) >= 11 is 0. The molecule has 19 heavy (non-hydrogen) atoms. The first-order valence-electron chi connectivity index (χ1n) is 6.89. The lowest BCUT2D eigenvalue weighted by atomic mass is 10.2. The maximum atomic E-state index is 12.1. The summed E-state index contributed by atoms with van der Waals surface area (Å²) in [5, 5.41) is 0. The van der Waals surface area contributed by atoms with Crippen molar-refractivity contribution in [3.05, 3.63) is 29.8 Å². The molecule has 0 aliphatic carbocycles. The van der Waals surface area contributed by atoms with Crippen LogP contribution in [0.5, 0.6) is 5.75 Å². The van der Waals surface area contributed by atoms with Gasteiger partial charge in [0.2, 0.25) is 5.91 Å². The van der Waals surface area contributed by atoms with Gasteiger partial charge in [0, 0.05) is 19.1 Å². The minimum absolute atomic E-state index is 0.153. The lowest BCUT2D eigenvalue weighted by Crippen LogP contribution is -2.40. The first-order valence-corrected chi connectivity index (χ1v) is 6.89. The summed E-state index contributed by atoms with van der Waals surface area (Å²) in [5.74, 6) is 0.977. The van der Waals surface area contributed by atoms with E-state index < -0.39 is 0 Å². The molecule has 1 aliphatic rings. The Labute approximate surface area is 114 Å². The molecule has 4 heteroatoms. The summed E-state index contributed by atoms with van der Waals surface area (Å²) in [6.07, 6.45) is 2.51. The van der Waals surface area contributed by atoms with Crippen LogP contribution in [0.4, 0.5) is 0 Å². The van der Waals surface area contributed by atoms with E-state index in [1.54, 1.807) is 0 Å². The largest absolute Gasteiger partial charge is 0.493 e. The van der Waals surface area contributed by atoms with Crippen molar-refractivity contribution in [2.24, 2.45) is 5.73 Å². The number of carbonyl (C=O) groups excluding carboxylic acids is 1. The van der Waals surface area contributed by atoms with E-state index in [0.717, 1.165) is 30.7 Å². The first-order chi connectivity index (χ1) is 9.20. The molecular formula is C15H22N2O2. The minimum Gasteiger partial charge on any atom is -0.493 e. The fraction of sp³-hybridized carbons (Fsp3) is 0.533. The SMILES string of the molecule is Cc1cccc(OCCC(=O)N2CCCC2CN)c1. The van der Waals surface area contributed by atoms with Crippen molar-refractivity contribution in [3.8, 4) is 5.75 Å². The van der Waals surface area contributed by atoms with Crippen LogP contribution in [-0.2, 0) is 4.79 Å². The van der Waals surface area contributed by atoms with Crippen molar-refractivity contribution in [2.45, 2.75) is 32.2 Å². The van der Waals surface area contributed by atoms with E-state index in [0.29, 0.717) is 19.6 Å². The number of amides is 1. The van der Waals surface area contributed by atoms with Crippen molar-refractivity contribution in [1.82, 2.24) is 4.90 Å². The summed E-state index contributed by atoms with van der Waals surface area (Å²) in [6.45, 7) is 3.85. The quantitative estimate of drug-likeness (QED) is 0.879. The second-order valence-electron chi connectivity index (χ2n) is 5.03. The van der Waals surface area contributed by atoms with Crippen LogP contribution in [0, 0.1) is 6.92 Å². The summed E-state index contributed by atoms with van der Waals surface area (Å²) < 4.78 is 5.61. The zero-order valence-corrected chi connectivity index (χ0v) is 11.5. The third kappa shape index (κ3) is 3.70. The summed E-state index contributed by atoms with van der Waals surface area (Å²) in [5.41, 5.74) is 6.83. The Hall–Kier alpha value is -1.55. The van der Waals surface area contributed by atoms with Gasteiger partial charge in [0.15, 0.2) is 0 Å². The molecule has 0 bridgehead atoms. The summed E-state index contributed by atoms with van der Waals surface area (Å²) in [7, 11) is 0. The van der Waals surface area contributed by atoms with Gasteiger partial charge < -0.3 is 15.4 Å². The van der Waals surface area contributed by atoms with Crippen LogP contribution < -0.4 is 10.5 Å². The highest BCUT2D eigenvalue weighted by atomic mass is 16.5. The fourth-order valence-corrected chi connectivity index (χ4v) is 2.51. The van der Waals surface area contributed by atoms with Gasteiger partial charge in [-0.25, -0.2) is 0 Å². The fourth-order valence-electron chi connectivity index (χ4n) is 2.51. The maximum absolute atomic E-state index is 12.1. The van der Waals surface area contributed by atoms with Gasteiger partial charge in [-0.05, 0) is 37.5 Å². The molecule has 1 heterocycles. The number of hydrogen-bond donors (Lipinski definition) is 1. The summed E-state index contributed by atoms with van der Waals surface area (Å²) in [6, 6.07) is 8.09. The smallest absolute Gasteiger partial charge is 0.226 e.